The highest BCUT2D eigenvalue weighted by atomic mass is 35.5. The Hall–Kier alpha value is -4.29. The highest BCUT2D eigenvalue weighted by Gasteiger charge is 2.21. The Balaban J connectivity index is 1.53. The average molecular weight is 571 g/mol. The minimum absolute atomic E-state index is 0.0952. The van der Waals surface area contributed by atoms with Crippen LogP contribution in [-0.2, 0) is 13.1 Å². The molecule has 14 heteroatoms. The van der Waals surface area contributed by atoms with Crippen LogP contribution in [0.5, 0.6) is 0 Å². The first-order valence-corrected chi connectivity index (χ1v) is 12.4. The van der Waals surface area contributed by atoms with Crippen molar-refractivity contribution < 1.29 is 8.78 Å². The molecular weight excluding hydrogens is 553 g/mol. The lowest BCUT2D eigenvalue weighted by molar-refractivity contribution is 0.559. The molecule has 0 bridgehead atoms. The lowest BCUT2D eigenvalue weighted by Crippen LogP contribution is -2.42. The number of hydrogen-bond acceptors (Lipinski definition) is 7. The van der Waals surface area contributed by atoms with Gasteiger partial charge in [-0.05, 0) is 36.8 Å². The van der Waals surface area contributed by atoms with Gasteiger partial charge >= 0.3 is 11.4 Å². The van der Waals surface area contributed by atoms with Gasteiger partial charge in [-0.15, -0.1) is 0 Å². The monoisotopic (exact) mass is 570 g/mol. The third-order valence-electron chi connectivity index (χ3n) is 6.31. The molecule has 1 aliphatic rings. The minimum atomic E-state index is -0.944. The summed E-state index contributed by atoms with van der Waals surface area (Å²) >= 11 is 12.4. The fourth-order valence-electron chi connectivity index (χ4n) is 4.47. The van der Waals surface area contributed by atoms with Crippen molar-refractivity contribution in [3.05, 3.63) is 96.5 Å². The number of benzene rings is 2. The summed E-state index contributed by atoms with van der Waals surface area (Å²) in [6.45, 7) is 2.75. The Morgan fingerprint density at radius 3 is 2.64 bits per heavy atom. The molecule has 0 atom stereocenters. The lowest BCUT2D eigenvalue weighted by Gasteiger charge is -2.17. The molecule has 0 saturated heterocycles. The van der Waals surface area contributed by atoms with Crippen LogP contribution in [-0.4, -0.2) is 35.2 Å². The molecule has 0 saturated carbocycles. The van der Waals surface area contributed by atoms with E-state index in [1.54, 1.807) is 31.3 Å². The normalized spacial score (nSPS) is 12.5. The van der Waals surface area contributed by atoms with E-state index in [0.29, 0.717) is 35.3 Å². The molecule has 10 nitrogen and oxygen atoms in total. The molecule has 3 aromatic heterocycles. The lowest BCUT2D eigenvalue weighted by atomic mass is 10.2. The maximum Gasteiger partial charge on any atom is 0.359 e. The number of pyridine rings is 1. The van der Waals surface area contributed by atoms with Crippen molar-refractivity contribution in [2.45, 2.75) is 20.0 Å². The Morgan fingerprint density at radius 2 is 1.85 bits per heavy atom. The van der Waals surface area contributed by atoms with Crippen molar-refractivity contribution in [2.24, 2.45) is 0 Å². The number of fused-ring (bicyclic) bond motifs is 3. The highest BCUT2D eigenvalue weighted by Crippen LogP contribution is 2.32. The molecule has 39 heavy (non-hydrogen) atoms. The van der Waals surface area contributed by atoms with Gasteiger partial charge in [0.1, 0.15) is 11.6 Å². The summed E-state index contributed by atoms with van der Waals surface area (Å²) in [6, 6.07) is 6.66. The topological polar surface area (TPSA) is 112 Å². The molecule has 0 radical (unpaired) electrons. The van der Waals surface area contributed by atoms with Gasteiger partial charge < -0.3 is 15.2 Å². The van der Waals surface area contributed by atoms with E-state index in [9.17, 15) is 18.4 Å². The first-order valence-electron chi connectivity index (χ1n) is 11.7. The molecule has 5 aromatic rings. The van der Waals surface area contributed by atoms with E-state index in [-0.39, 0.29) is 27.2 Å². The number of anilines is 3. The van der Waals surface area contributed by atoms with Crippen LogP contribution in [0.4, 0.5) is 26.4 Å². The van der Waals surface area contributed by atoms with Crippen LogP contribution >= 0.6 is 23.2 Å². The number of aryl methyl sites for hydroxylation is 1. The van der Waals surface area contributed by atoms with E-state index in [0.717, 1.165) is 27.3 Å². The molecule has 2 N–H and O–H groups in total. The third kappa shape index (κ3) is 4.41. The molecule has 0 unspecified atom stereocenters. The number of halogens is 4. The summed E-state index contributed by atoms with van der Waals surface area (Å²) in [6.07, 6.45) is 2.90. The van der Waals surface area contributed by atoms with Gasteiger partial charge in [0.15, 0.2) is 0 Å². The first-order chi connectivity index (χ1) is 18.7. The molecular formula is C25H18Cl2F2N8O2. The zero-order valence-electron chi connectivity index (χ0n) is 20.2. The zero-order chi connectivity index (χ0) is 27.4. The Kier molecular flexibility index (Phi) is 6.07. The van der Waals surface area contributed by atoms with E-state index in [1.807, 2.05) is 4.57 Å². The minimum Gasteiger partial charge on any atom is -0.354 e. The smallest absolute Gasteiger partial charge is 0.354 e. The van der Waals surface area contributed by atoms with Gasteiger partial charge in [0.2, 0.25) is 11.9 Å². The van der Waals surface area contributed by atoms with Crippen molar-refractivity contribution in [3.8, 4) is 5.69 Å². The van der Waals surface area contributed by atoms with Crippen molar-refractivity contribution in [1.82, 2.24) is 28.7 Å². The fourth-order valence-corrected chi connectivity index (χ4v) is 4.86. The first kappa shape index (κ1) is 25.0. The van der Waals surface area contributed by atoms with Crippen molar-refractivity contribution in [3.63, 3.8) is 0 Å². The summed E-state index contributed by atoms with van der Waals surface area (Å²) in [4.78, 5) is 39.5. The molecule has 1 aliphatic heterocycles. The fraction of sp³-hybridized carbons (Fsp3) is 0.160. The summed E-state index contributed by atoms with van der Waals surface area (Å²) in [5.74, 6) is -1.37. The molecule has 0 spiro atoms. The number of aromatic nitrogens is 6. The summed E-state index contributed by atoms with van der Waals surface area (Å²) in [5, 5.41) is 6.06. The predicted octanol–water partition coefficient (Wildman–Crippen LogP) is 4.25. The standard InChI is InChI=1S/C25H18Cl2F2N8O2/c1-12-4-14(10-30-9-12)37-24(38)34-23(36(25(37)39)11-13-5-15(26)18(29)7-17(13)28)32-19-8-21-20(6-16(19)27)33-22-31-2-3-35(21)22/h4-10H,2-3,11H2,1H3,(H,31,33)(H,32,34,38). The van der Waals surface area contributed by atoms with E-state index >= 15 is 0 Å². The van der Waals surface area contributed by atoms with Gasteiger partial charge in [0.25, 0.3) is 0 Å². The molecule has 0 fully saturated rings. The number of hydrogen-bond donors (Lipinski definition) is 2. The molecule has 0 amide bonds. The quantitative estimate of drug-likeness (QED) is 0.304. The molecule has 4 heterocycles. The van der Waals surface area contributed by atoms with Gasteiger partial charge in [0.05, 0.1) is 45.2 Å². The maximum absolute atomic E-state index is 14.7. The van der Waals surface area contributed by atoms with Crippen LogP contribution in [0.2, 0.25) is 10.0 Å². The Morgan fingerprint density at radius 1 is 1.03 bits per heavy atom. The largest absolute Gasteiger partial charge is 0.359 e. The van der Waals surface area contributed by atoms with Crippen LogP contribution < -0.4 is 22.0 Å². The number of rotatable bonds is 5. The van der Waals surface area contributed by atoms with Crippen LogP contribution in [0.15, 0.2) is 52.3 Å². The second-order valence-electron chi connectivity index (χ2n) is 8.96. The summed E-state index contributed by atoms with van der Waals surface area (Å²) in [5.41, 5.74) is 0.819. The van der Waals surface area contributed by atoms with Crippen LogP contribution in [0, 0.1) is 18.6 Å². The van der Waals surface area contributed by atoms with Gasteiger partial charge in [0, 0.05) is 30.9 Å². The van der Waals surface area contributed by atoms with E-state index < -0.39 is 29.6 Å². The third-order valence-corrected chi connectivity index (χ3v) is 6.91. The average Bonchev–Trinajstić information content (AvgIpc) is 3.46. The van der Waals surface area contributed by atoms with Crippen LogP contribution in [0.3, 0.4) is 0 Å². The number of imidazole rings is 1. The molecule has 0 aliphatic carbocycles. The maximum atomic E-state index is 14.7. The second kappa shape index (κ2) is 9.47. The van der Waals surface area contributed by atoms with E-state index in [1.165, 1.54) is 6.20 Å². The van der Waals surface area contributed by atoms with Gasteiger partial charge in [-0.1, -0.05) is 23.2 Å². The van der Waals surface area contributed by atoms with E-state index in [4.69, 9.17) is 23.2 Å². The van der Waals surface area contributed by atoms with Crippen LogP contribution in [0.1, 0.15) is 11.1 Å². The highest BCUT2D eigenvalue weighted by molar-refractivity contribution is 6.34. The predicted molar refractivity (Wildman–Crippen MR) is 144 cm³/mol. The van der Waals surface area contributed by atoms with Crippen LogP contribution in [0.25, 0.3) is 16.7 Å². The zero-order valence-corrected chi connectivity index (χ0v) is 21.7. The Bertz CT molecular complexity index is 1920. The summed E-state index contributed by atoms with van der Waals surface area (Å²) in [7, 11) is 0. The van der Waals surface area contributed by atoms with Gasteiger partial charge in [-0.25, -0.2) is 27.9 Å². The van der Waals surface area contributed by atoms with Crippen molar-refractivity contribution in [2.75, 3.05) is 17.2 Å². The number of nitrogens with one attached hydrogen (secondary N) is 2. The van der Waals surface area contributed by atoms with Gasteiger partial charge in [-0.3, -0.25) is 9.55 Å². The van der Waals surface area contributed by atoms with Gasteiger partial charge in [-0.2, -0.15) is 4.98 Å². The Labute approximate surface area is 228 Å². The van der Waals surface area contributed by atoms with Crippen molar-refractivity contribution >= 4 is 51.8 Å². The second-order valence-corrected chi connectivity index (χ2v) is 9.77. The molecule has 2 aromatic carbocycles. The van der Waals surface area contributed by atoms with Crippen molar-refractivity contribution in [1.29, 1.82) is 0 Å². The SMILES string of the molecule is Cc1cncc(-n2c(=O)nc(Nc3cc4c(cc3Cl)nc3n4CCN3)n(Cc3cc(Cl)c(F)cc3F)c2=O)c1. The molecule has 198 valence electrons. The molecule has 6 rings (SSSR count). The summed E-state index contributed by atoms with van der Waals surface area (Å²) < 4.78 is 32.4. The van der Waals surface area contributed by atoms with E-state index in [2.05, 4.69) is 25.6 Å². The number of nitrogens with zero attached hydrogens (tertiary/aromatic N) is 6.